The molecule has 1 aliphatic rings. The second-order valence-corrected chi connectivity index (χ2v) is 4.13. The van der Waals surface area contributed by atoms with Gasteiger partial charge < -0.3 is 5.32 Å². The SMILES string of the molecule is C=C/C(=C\C=C/C)c1ccc2c(c1)CC(=C)N2. The molecule has 86 valence electrons. The largest absolute Gasteiger partial charge is 0.359 e. The summed E-state index contributed by atoms with van der Waals surface area (Å²) < 4.78 is 0. The predicted molar refractivity (Wildman–Crippen MR) is 75.9 cm³/mol. The van der Waals surface area contributed by atoms with Crippen LogP contribution in [-0.4, -0.2) is 0 Å². The number of allylic oxidation sites excluding steroid dienone is 6. The van der Waals surface area contributed by atoms with Crippen molar-refractivity contribution < 1.29 is 0 Å². The van der Waals surface area contributed by atoms with Crippen LogP contribution in [0, 0.1) is 0 Å². The van der Waals surface area contributed by atoms with E-state index in [0.717, 1.165) is 17.7 Å². The van der Waals surface area contributed by atoms with Crippen LogP contribution in [0.3, 0.4) is 0 Å². The van der Waals surface area contributed by atoms with Gasteiger partial charge in [-0.15, -0.1) is 0 Å². The number of anilines is 1. The van der Waals surface area contributed by atoms with Crippen molar-refractivity contribution in [3.63, 3.8) is 0 Å². The van der Waals surface area contributed by atoms with E-state index in [0.29, 0.717) is 0 Å². The van der Waals surface area contributed by atoms with Gasteiger partial charge in [0.15, 0.2) is 0 Å². The van der Waals surface area contributed by atoms with Gasteiger partial charge in [-0.1, -0.05) is 43.5 Å². The average molecular weight is 223 g/mol. The van der Waals surface area contributed by atoms with Crippen LogP contribution in [-0.2, 0) is 6.42 Å². The maximum absolute atomic E-state index is 3.96. The molecule has 0 amide bonds. The van der Waals surface area contributed by atoms with Crippen molar-refractivity contribution in [1.82, 2.24) is 0 Å². The van der Waals surface area contributed by atoms with Crippen LogP contribution in [0.1, 0.15) is 18.1 Å². The van der Waals surface area contributed by atoms with Crippen molar-refractivity contribution in [3.05, 3.63) is 72.5 Å². The molecule has 1 N–H and O–H groups in total. The summed E-state index contributed by atoms with van der Waals surface area (Å²) in [6, 6.07) is 6.43. The van der Waals surface area contributed by atoms with E-state index in [9.17, 15) is 0 Å². The third-order valence-electron chi connectivity index (χ3n) is 2.84. The molecular weight excluding hydrogens is 206 g/mol. The summed E-state index contributed by atoms with van der Waals surface area (Å²) in [5.74, 6) is 0. The molecule has 0 saturated heterocycles. The first kappa shape index (κ1) is 11.5. The topological polar surface area (TPSA) is 12.0 Å². The highest BCUT2D eigenvalue weighted by atomic mass is 14.9. The zero-order valence-corrected chi connectivity index (χ0v) is 10.2. The lowest BCUT2D eigenvalue weighted by Crippen LogP contribution is -1.87. The summed E-state index contributed by atoms with van der Waals surface area (Å²) in [5, 5.41) is 3.27. The van der Waals surface area contributed by atoms with Crippen molar-refractivity contribution in [2.45, 2.75) is 13.3 Å². The van der Waals surface area contributed by atoms with Gasteiger partial charge in [0, 0.05) is 17.8 Å². The molecule has 1 aliphatic heterocycles. The Kier molecular flexibility index (Phi) is 3.29. The highest BCUT2D eigenvalue weighted by Gasteiger charge is 2.13. The van der Waals surface area contributed by atoms with E-state index >= 15 is 0 Å². The molecule has 0 spiro atoms. The molecule has 0 aromatic heterocycles. The maximum Gasteiger partial charge on any atom is 0.0418 e. The lowest BCUT2D eigenvalue weighted by atomic mass is 10.0. The van der Waals surface area contributed by atoms with Crippen molar-refractivity contribution in [2.24, 2.45) is 0 Å². The number of nitrogens with one attached hydrogen (secondary N) is 1. The second kappa shape index (κ2) is 4.88. The van der Waals surface area contributed by atoms with Crippen molar-refractivity contribution in [1.29, 1.82) is 0 Å². The Bertz CT molecular complexity index is 518. The minimum atomic E-state index is 0.914. The predicted octanol–water partition coefficient (Wildman–Crippen LogP) is 4.31. The minimum absolute atomic E-state index is 0.914. The summed E-state index contributed by atoms with van der Waals surface area (Å²) in [4.78, 5) is 0. The summed E-state index contributed by atoms with van der Waals surface area (Å²) >= 11 is 0. The fraction of sp³-hybridized carbons (Fsp3) is 0.125. The Morgan fingerprint density at radius 3 is 2.94 bits per heavy atom. The first-order chi connectivity index (χ1) is 8.24. The monoisotopic (exact) mass is 223 g/mol. The normalized spacial score (nSPS) is 14.9. The number of hydrogen-bond donors (Lipinski definition) is 1. The fourth-order valence-electron chi connectivity index (χ4n) is 1.99. The van der Waals surface area contributed by atoms with Crippen LogP contribution < -0.4 is 5.32 Å². The van der Waals surface area contributed by atoms with E-state index in [4.69, 9.17) is 0 Å². The molecule has 0 fully saturated rings. The molecule has 1 nitrogen and oxygen atoms in total. The van der Waals surface area contributed by atoms with Gasteiger partial charge in [-0.2, -0.15) is 0 Å². The molecule has 2 rings (SSSR count). The smallest absolute Gasteiger partial charge is 0.0418 e. The van der Waals surface area contributed by atoms with Crippen molar-refractivity contribution in [3.8, 4) is 0 Å². The van der Waals surface area contributed by atoms with Crippen LogP contribution in [0.2, 0.25) is 0 Å². The van der Waals surface area contributed by atoms with Crippen LogP contribution >= 0.6 is 0 Å². The van der Waals surface area contributed by atoms with Crippen LogP contribution in [0.4, 0.5) is 5.69 Å². The number of benzene rings is 1. The van der Waals surface area contributed by atoms with Crippen LogP contribution in [0.5, 0.6) is 0 Å². The van der Waals surface area contributed by atoms with Gasteiger partial charge in [0.25, 0.3) is 0 Å². The Hall–Kier alpha value is -2.02. The van der Waals surface area contributed by atoms with Crippen LogP contribution in [0.15, 0.2) is 61.4 Å². The van der Waals surface area contributed by atoms with Crippen molar-refractivity contribution >= 4 is 11.3 Å². The molecule has 17 heavy (non-hydrogen) atoms. The molecule has 1 heterocycles. The van der Waals surface area contributed by atoms with Gasteiger partial charge in [-0.3, -0.25) is 0 Å². The van der Waals surface area contributed by atoms with Gasteiger partial charge in [-0.05, 0) is 35.8 Å². The third-order valence-corrected chi connectivity index (χ3v) is 2.84. The maximum atomic E-state index is 3.96. The van der Waals surface area contributed by atoms with Crippen molar-refractivity contribution in [2.75, 3.05) is 5.32 Å². The van der Waals surface area contributed by atoms with Gasteiger partial charge >= 0.3 is 0 Å². The average Bonchev–Trinajstić information content (AvgIpc) is 2.69. The Morgan fingerprint density at radius 1 is 1.41 bits per heavy atom. The summed E-state index contributed by atoms with van der Waals surface area (Å²) in [5.41, 5.74) is 5.89. The molecular formula is C16H17N. The highest BCUT2D eigenvalue weighted by Crippen LogP contribution is 2.30. The molecule has 0 bridgehead atoms. The van der Waals surface area contributed by atoms with E-state index in [-0.39, 0.29) is 0 Å². The second-order valence-electron chi connectivity index (χ2n) is 4.13. The molecule has 0 unspecified atom stereocenters. The van der Waals surface area contributed by atoms with Crippen LogP contribution in [0.25, 0.3) is 5.57 Å². The Balaban J connectivity index is 2.38. The van der Waals surface area contributed by atoms with E-state index in [1.165, 1.54) is 16.8 Å². The van der Waals surface area contributed by atoms with E-state index in [2.05, 4.69) is 42.7 Å². The van der Waals surface area contributed by atoms with Gasteiger partial charge in [0.2, 0.25) is 0 Å². The Morgan fingerprint density at radius 2 is 2.24 bits per heavy atom. The summed E-state index contributed by atoms with van der Waals surface area (Å²) in [6.07, 6.45) is 8.92. The number of hydrogen-bond acceptors (Lipinski definition) is 1. The zero-order valence-electron chi connectivity index (χ0n) is 10.2. The quantitative estimate of drug-likeness (QED) is 0.753. The fourth-order valence-corrected chi connectivity index (χ4v) is 1.99. The molecule has 0 saturated carbocycles. The molecule has 1 heteroatoms. The Labute approximate surface area is 103 Å². The van der Waals surface area contributed by atoms with Gasteiger partial charge in [0.1, 0.15) is 0 Å². The lowest BCUT2D eigenvalue weighted by molar-refractivity contribution is 1.26. The molecule has 0 aliphatic carbocycles. The standard InChI is InChI=1S/C16H17N/c1-4-6-7-13(5-2)14-8-9-16-15(11-14)10-12(3)17-16/h4-9,11,17H,2-3,10H2,1H3/b6-4-,13-7+. The summed E-state index contributed by atoms with van der Waals surface area (Å²) in [7, 11) is 0. The van der Waals surface area contributed by atoms with E-state index < -0.39 is 0 Å². The first-order valence-corrected chi connectivity index (χ1v) is 5.78. The summed E-state index contributed by atoms with van der Waals surface area (Å²) in [6.45, 7) is 9.83. The zero-order chi connectivity index (χ0) is 12.3. The molecule has 1 aromatic rings. The molecule has 1 aromatic carbocycles. The van der Waals surface area contributed by atoms with E-state index in [1.807, 2.05) is 25.2 Å². The lowest BCUT2D eigenvalue weighted by Gasteiger charge is -2.05. The highest BCUT2D eigenvalue weighted by molar-refractivity contribution is 5.77. The third kappa shape index (κ3) is 2.39. The van der Waals surface area contributed by atoms with Gasteiger partial charge in [0.05, 0.1) is 0 Å². The first-order valence-electron chi connectivity index (χ1n) is 5.78. The molecule has 0 radical (unpaired) electrons. The minimum Gasteiger partial charge on any atom is -0.359 e. The molecule has 0 atom stereocenters. The number of fused-ring (bicyclic) bond motifs is 1. The van der Waals surface area contributed by atoms with E-state index in [1.54, 1.807) is 0 Å². The number of rotatable bonds is 3. The van der Waals surface area contributed by atoms with Gasteiger partial charge in [-0.25, -0.2) is 0 Å².